The Labute approximate surface area is 128 Å². The van der Waals surface area contributed by atoms with Crippen LogP contribution in [0.25, 0.3) is 11.2 Å². The summed E-state index contributed by atoms with van der Waals surface area (Å²) in [5.41, 5.74) is 1.62. The van der Waals surface area contributed by atoms with Crippen molar-refractivity contribution in [3.8, 4) is 0 Å². The predicted molar refractivity (Wildman–Crippen MR) is 81.4 cm³/mol. The quantitative estimate of drug-likeness (QED) is 0.900. The maximum atomic E-state index is 9.61. The van der Waals surface area contributed by atoms with Gasteiger partial charge >= 0.3 is 0 Å². The van der Waals surface area contributed by atoms with Crippen molar-refractivity contribution < 1.29 is 9.84 Å². The summed E-state index contributed by atoms with van der Waals surface area (Å²) in [6.07, 6.45) is 8.94. The summed E-state index contributed by atoms with van der Waals surface area (Å²) in [4.78, 5) is 13.2. The van der Waals surface area contributed by atoms with Gasteiger partial charge in [0.25, 0.3) is 0 Å². The summed E-state index contributed by atoms with van der Waals surface area (Å²) in [7, 11) is 0. The van der Waals surface area contributed by atoms with Gasteiger partial charge in [-0.2, -0.15) is 0 Å². The molecule has 0 aromatic carbocycles. The van der Waals surface area contributed by atoms with E-state index in [0.29, 0.717) is 6.04 Å². The maximum Gasteiger partial charge on any atom is 0.167 e. The van der Waals surface area contributed by atoms with Crippen molar-refractivity contribution in [1.29, 1.82) is 0 Å². The van der Waals surface area contributed by atoms with Crippen LogP contribution in [0.1, 0.15) is 44.8 Å². The number of aliphatic hydroxyl groups excluding tert-OH is 1. The molecule has 2 aromatic rings. The second-order valence-electron chi connectivity index (χ2n) is 6.16. The third-order valence-electron chi connectivity index (χ3n) is 4.61. The first-order valence-corrected chi connectivity index (χ1v) is 8.05. The monoisotopic (exact) mass is 303 g/mol. The number of anilines is 1. The van der Waals surface area contributed by atoms with Crippen molar-refractivity contribution in [3.05, 3.63) is 12.7 Å². The molecule has 2 aromatic heterocycles. The molecule has 7 nitrogen and oxygen atoms in total. The Morgan fingerprint density at radius 2 is 2.00 bits per heavy atom. The van der Waals surface area contributed by atoms with Crippen molar-refractivity contribution in [1.82, 2.24) is 19.5 Å². The summed E-state index contributed by atoms with van der Waals surface area (Å²) in [5.74, 6) is 0.781. The zero-order valence-electron chi connectivity index (χ0n) is 12.5. The van der Waals surface area contributed by atoms with Crippen molar-refractivity contribution in [2.45, 2.75) is 56.9 Å². The van der Waals surface area contributed by atoms with Crippen LogP contribution in [0.2, 0.25) is 0 Å². The minimum atomic E-state index is -0.151. The van der Waals surface area contributed by atoms with E-state index in [-0.39, 0.29) is 12.3 Å². The standard InChI is InChI=1S/C15H21N5O2/c21-11-5-3-10(4-6-11)19-14-13-15(17-8-16-14)20(9-18-13)12-2-1-7-22-12/h8-12,21H,1-7H2,(H,16,17,19). The Morgan fingerprint density at radius 1 is 1.14 bits per heavy atom. The number of fused-ring (bicyclic) bond motifs is 1. The average molecular weight is 303 g/mol. The van der Waals surface area contributed by atoms with Gasteiger partial charge < -0.3 is 15.2 Å². The Hall–Kier alpha value is -1.73. The van der Waals surface area contributed by atoms with Gasteiger partial charge in [0.15, 0.2) is 17.0 Å². The highest BCUT2D eigenvalue weighted by molar-refractivity contribution is 5.82. The molecular weight excluding hydrogens is 282 g/mol. The van der Waals surface area contributed by atoms with E-state index in [1.807, 2.05) is 4.57 Å². The van der Waals surface area contributed by atoms with Crippen LogP contribution < -0.4 is 5.32 Å². The van der Waals surface area contributed by atoms with Crippen LogP contribution in [0.15, 0.2) is 12.7 Å². The summed E-state index contributed by atoms with van der Waals surface area (Å²) < 4.78 is 7.72. The average Bonchev–Trinajstić information content (AvgIpc) is 3.18. The maximum absolute atomic E-state index is 9.61. The molecule has 0 radical (unpaired) electrons. The molecule has 0 amide bonds. The highest BCUT2D eigenvalue weighted by atomic mass is 16.5. The van der Waals surface area contributed by atoms with Crippen LogP contribution in [0, 0.1) is 0 Å². The number of ether oxygens (including phenoxy) is 1. The number of hydrogen-bond donors (Lipinski definition) is 2. The van der Waals surface area contributed by atoms with E-state index in [2.05, 4.69) is 20.3 Å². The van der Waals surface area contributed by atoms with Gasteiger partial charge in [-0.15, -0.1) is 0 Å². The second-order valence-corrected chi connectivity index (χ2v) is 6.16. The zero-order chi connectivity index (χ0) is 14.9. The number of aliphatic hydroxyl groups is 1. The Morgan fingerprint density at radius 3 is 2.77 bits per heavy atom. The Bertz CT molecular complexity index is 644. The molecule has 1 atom stereocenters. The molecule has 0 bridgehead atoms. The van der Waals surface area contributed by atoms with E-state index in [1.165, 1.54) is 0 Å². The number of rotatable bonds is 3. The molecule has 1 saturated carbocycles. The topological polar surface area (TPSA) is 85.1 Å². The molecule has 2 fully saturated rings. The molecule has 3 heterocycles. The minimum absolute atomic E-state index is 0.0394. The molecule has 118 valence electrons. The molecule has 1 aliphatic carbocycles. The highest BCUT2D eigenvalue weighted by Crippen LogP contribution is 2.29. The summed E-state index contributed by atoms with van der Waals surface area (Å²) in [6, 6.07) is 0.342. The largest absolute Gasteiger partial charge is 0.393 e. The highest BCUT2D eigenvalue weighted by Gasteiger charge is 2.23. The Balaban J connectivity index is 1.59. The molecular formula is C15H21N5O2. The van der Waals surface area contributed by atoms with Crippen LogP contribution in [0.5, 0.6) is 0 Å². The molecule has 1 unspecified atom stereocenters. The number of hydrogen-bond acceptors (Lipinski definition) is 6. The second kappa shape index (κ2) is 5.81. The molecule has 4 rings (SSSR count). The molecule has 1 saturated heterocycles. The number of nitrogens with one attached hydrogen (secondary N) is 1. The first-order valence-electron chi connectivity index (χ1n) is 8.05. The molecule has 2 aliphatic rings. The van der Waals surface area contributed by atoms with E-state index in [0.717, 1.165) is 62.1 Å². The van der Waals surface area contributed by atoms with E-state index >= 15 is 0 Å². The summed E-state index contributed by atoms with van der Waals surface area (Å²) in [5, 5.41) is 13.1. The van der Waals surface area contributed by atoms with Crippen molar-refractivity contribution in [2.75, 3.05) is 11.9 Å². The fourth-order valence-corrected chi connectivity index (χ4v) is 3.36. The normalized spacial score (nSPS) is 29.0. The van der Waals surface area contributed by atoms with Crippen LogP contribution in [0.4, 0.5) is 5.82 Å². The lowest BCUT2D eigenvalue weighted by Gasteiger charge is -2.26. The van der Waals surface area contributed by atoms with E-state index in [9.17, 15) is 5.11 Å². The molecule has 0 spiro atoms. The first-order chi connectivity index (χ1) is 10.8. The number of nitrogens with zero attached hydrogens (tertiary/aromatic N) is 4. The third-order valence-corrected chi connectivity index (χ3v) is 4.61. The van der Waals surface area contributed by atoms with E-state index in [4.69, 9.17) is 4.74 Å². The van der Waals surface area contributed by atoms with Crippen molar-refractivity contribution in [2.24, 2.45) is 0 Å². The zero-order valence-corrected chi connectivity index (χ0v) is 12.5. The third kappa shape index (κ3) is 2.55. The Kier molecular flexibility index (Phi) is 3.67. The predicted octanol–water partition coefficient (Wildman–Crippen LogP) is 1.85. The van der Waals surface area contributed by atoms with E-state index < -0.39 is 0 Å². The first kappa shape index (κ1) is 13.9. The van der Waals surface area contributed by atoms with Gasteiger partial charge in [-0.1, -0.05) is 0 Å². The van der Waals surface area contributed by atoms with Gasteiger partial charge in [0.05, 0.1) is 12.4 Å². The molecule has 7 heteroatoms. The van der Waals surface area contributed by atoms with Gasteiger partial charge in [-0.3, -0.25) is 4.57 Å². The minimum Gasteiger partial charge on any atom is -0.393 e. The SMILES string of the molecule is OC1CCC(Nc2ncnc3c2ncn3C2CCCO2)CC1. The van der Waals surface area contributed by atoms with Gasteiger partial charge in [0.2, 0.25) is 0 Å². The van der Waals surface area contributed by atoms with Crippen LogP contribution >= 0.6 is 0 Å². The fourth-order valence-electron chi connectivity index (χ4n) is 3.36. The van der Waals surface area contributed by atoms with Crippen LogP contribution in [-0.2, 0) is 4.74 Å². The lowest BCUT2D eigenvalue weighted by molar-refractivity contribution is 0.0593. The fraction of sp³-hybridized carbons (Fsp3) is 0.667. The van der Waals surface area contributed by atoms with E-state index in [1.54, 1.807) is 12.7 Å². The molecule has 1 aliphatic heterocycles. The van der Waals surface area contributed by atoms with Gasteiger partial charge in [0, 0.05) is 12.6 Å². The molecule has 22 heavy (non-hydrogen) atoms. The van der Waals surface area contributed by atoms with Crippen LogP contribution in [0.3, 0.4) is 0 Å². The molecule has 2 N–H and O–H groups in total. The lowest BCUT2D eigenvalue weighted by atomic mass is 9.93. The number of imidazole rings is 1. The lowest BCUT2D eigenvalue weighted by Crippen LogP contribution is -2.28. The van der Waals surface area contributed by atoms with Crippen LogP contribution in [-0.4, -0.2) is 43.4 Å². The number of aromatic nitrogens is 4. The van der Waals surface area contributed by atoms with Gasteiger partial charge in [-0.05, 0) is 38.5 Å². The summed E-state index contributed by atoms with van der Waals surface area (Å²) in [6.45, 7) is 0.797. The van der Waals surface area contributed by atoms with Crippen molar-refractivity contribution >= 4 is 17.0 Å². The summed E-state index contributed by atoms with van der Waals surface area (Å²) >= 11 is 0. The van der Waals surface area contributed by atoms with Gasteiger partial charge in [-0.25, -0.2) is 15.0 Å². The smallest absolute Gasteiger partial charge is 0.167 e. The van der Waals surface area contributed by atoms with Gasteiger partial charge in [0.1, 0.15) is 12.6 Å². The van der Waals surface area contributed by atoms with Crippen molar-refractivity contribution in [3.63, 3.8) is 0 Å².